The van der Waals surface area contributed by atoms with Crippen LogP contribution in [-0.4, -0.2) is 20.1 Å². The van der Waals surface area contributed by atoms with Crippen LogP contribution in [0.4, 0.5) is 13.2 Å². The summed E-state index contributed by atoms with van der Waals surface area (Å²) in [6, 6.07) is 6.35. The number of methoxy groups -OCH3 is 1. The second-order valence-corrected chi connectivity index (χ2v) is 9.07. The van der Waals surface area contributed by atoms with Crippen LogP contribution in [0.15, 0.2) is 36.4 Å². The van der Waals surface area contributed by atoms with Crippen molar-refractivity contribution in [2.45, 2.75) is 70.6 Å². The minimum absolute atomic E-state index is 0.143. The van der Waals surface area contributed by atoms with Gasteiger partial charge in [0.05, 0.1) is 6.61 Å². The third kappa shape index (κ3) is 7.64. The smallest absolute Gasteiger partial charge is 0.406 e. The minimum Gasteiger partial charge on any atom is -0.406 e. The summed E-state index contributed by atoms with van der Waals surface area (Å²) in [4.78, 5) is 0. The van der Waals surface area contributed by atoms with Crippen molar-refractivity contribution in [2.24, 2.45) is 23.7 Å². The van der Waals surface area contributed by atoms with Crippen LogP contribution in [0.2, 0.25) is 0 Å². The van der Waals surface area contributed by atoms with Crippen molar-refractivity contribution >= 4 is 0 Å². The molecule has 168 valence electrons. The van der Waals surface area contributed by atoms with Gasteiger partial charge in [-0.2, -0.15) is 0 Å². The highest BCUT2D eigenvalue weighted by Crippen LogP contribution is 2.42. The molecule has 2 saturated carbocycles. The van der Waals surface area contributed by atoms with Gasteiger partial charge in [-0.05, 0) is 92.7 Å². The molecular formula is C25H35F3O2. The second-order valence-electron chi connectivity index (χ2n) is 9.07. The van der Waals surface area contributed by atoms with Crippen LogP contribution in [0.25, 0.3) is 0 Å². The summed E-state index contributed by atoms with van der Waals surface area (Å²) >= 11 is 0. The number of hydrogen-bond donors (Lipinski definition) is 0. The highest BCUT2D eigenvalue weighted by Gasteiger charge is 2.31. The van der Waals surface area contributed by atoms with Crippen molar-refractivity contribution in [3.8, 4) is 5.75 Å². The molecule has 0 saturated heterocycles. The first-order valence-corrected chi connectivity index (χ1v) is 11.4. The Morgan fingerprint density at radius 3 is 2.07 bits per heavy atom. The van der Waals surface area contributed by atoms with Crippen molar-refractivity contribution in [3.63, 3.8) is 0 Å². The molecule has 0 unspecified atom stereocenters. The maximum Gasteiger partial charge on any atom is 0.573 e. The van der Waals surface area contributed by atoms with Crippen LogP contribution >= 0.6 is 0 Å². The molecule has 1 aromatic carbocycles. The number of allylic oxidation sites excluding steroid dienone is 1. The SMILES string of the molecule is COCC=CC1CCC(C2CCC(CCc3ccc(OC(F)(F)F)cc3)CC2)CC1. The largest absolute Gasteiger partial charge is 0.573 e. The molecule has 3 rings (SSSR count). The summed E-state index contributed by atoms with van der Waals surface area (Å²) in [6.45, 7) is 0.718. The van der Waals surface area contributed by atoms with E-state index in [1.165, 1.54) is 63.5 Å². The van der Waals surface area contributed by atoms with E-state index >= 15 is 0 Å². The molecule has 0 radical (unpaired) electrons. The van der Waals surface area contributed by atoms with Crippen molar-refractivity contribution in [3.05, 3.63) is 42.0 Å². The zero-order valence-electron chi connectivity index (χ0n) is 18.0. The molecule has 2 nitrogen and oxygen atoms in total. The van der Waals surface area contributed by atoms with Gasteiger partial charge >= 0.3 is 6.36 Å². The summed E-state index contributed by atoms with van der Waals surface area (Å²) < 4.78 is 45.8. The summed E-state index contributed by atoms with van der Waals surface area (Å²) in [5.74, 6) is 3.14. The Kier molecular flexibility index (Phi) is 8.67. The fraction of sp³-hybridized carbons (Fsp3) is 0.680. The van der Waals surface area contributed by atoms with Gasteiger partial charge in [0.2, 0.25) is 0 Å². The van der Waals surface area contributed by atoms with Crippen LogP contribution in [0.5, 0.6) is 5.75 Å². The third-order valence-corrected chi connectivity index (χ3v) is 7.04. The van der Waals surface area contributed by atoms with Gasteiger partial charge in [-0.15, -0.1) is 13.2 Å². The zero-order chi connectivity index (χ0) is 21.4. The number of benzene rings is 1. The third-order valence-electron chi connectivity index (χ3n) is 7.04. The summed E-state index contributed by atoms with van der Waals surface area (Å²) in [6.07, 6.45) is 12.6. The van der Waals surface area contributed by atoms with E-state index in [2.05, 4.69) is 16.9 Å². The maximum absolute atomic E-state index is 12.3. The standard InChI is InChI=1S/C25H35F3O2/c1-29-18-2-3-19-6-12-22(13-7-19)23-14-8-20(9-15-23)4-5-21-10-16-24(17-11-21)30-25(26,27)28/h2-3,10-11,16-17,19-20,22-23H,4-9,12-15,18H2,1H3. The van der Waals surface area contributed by atoms with Gasteiger partial charge in [0.25, 0.3) is 0 Å². The molecule has 1 aromatic rings. The predicted molar refractivity (Wildman–Crippen MR) is 113 cm³/mol. The van der Waals surface area contributed by atoms with Gasteiger partial charge < -0.3 is 9.47 Å². The summed E-state index contributed by atoms with van der Waals surface area (Å²) in [7, 11) is 1.74. The van der Waals surface area contributed by atoms with E-state index in [-0.39, 0.29) is 5.75 Å². The molecule has 0 amide bonds. The first kappa shape index (κ1) is 23.2. The Morgan fingerprint density at radius 1 is 0.900 bits per heavy atom. The normalized spacial score (nSPS) is 28.0. The molecule has 0 aliphatic heterocycles. The Morgan fingerprint density at radius 2 is 1.50 bits per heavy atom. The molecule has 0 heterocycles. The number of ether oxygens (including phenoxy) is 2. The fourth-order valence-corrected chi connectivity index (χ4v) is 5.33. The van der Waals surface area contributed by atoms with Crippen LogP contribution in [-0.2, 0) is 11.2 Å². The van der Waals surface area contributed by atoms with E-state index in [0.717, 1.165) is 48.7 Å². The van der Waals surface area contributed by atoms with Crippen molar-refractivity contribution in [1.29, 1.82) is 0 Å². The molecule has 0 spiro atoms. The Balaban J connectivity index is 1.34. The lowest BCUT2D eigenvalue weighted by Crippen LogP contribution is -2.25. The van der Waals surface area contributed by atoms with E-state index in [1.807, 2.05) is 0 Å². The van der Waals surface area contributed by atoms with Crippen LogP contribution in [0.3, 0.4) is 0 Å². The van der Waals surface area contributed by atoms with Crippen LogP contribution in [0, 0.1) is 23.7 Å². The summed E-state index contributed by atoms with van der Waals surface area (Å²) in [5.41, 5.74) is 1.09. The van der Waals surface area contributed by atoms with Gasteiger partial charge in [0.1, 0.15) is 5.75 Å². The molecule has 2 fully saturated rings. The van der Waals surface area contributed by atoms with E-state index in [0.29, 0.717) is 0 Å². The van der Waals surface area contributed by atoms with Crippen LogP contribution < -0.4 is 4.74 Å². The first-order chi connectivity index (χ1) is 14.4. The Labute approximate surface area is 178 Å². The van der Waals surface area contributed by atoms with Crippen molar-refractivity contribution < 1.29 is 22.6 Å². The van der Waals surface area contributed by atoms with E-state index in [9.17, 15) is 13.2 Å². The number of rotatable bonds is 8. The quantitative estimate of drug-likeness (QED) is 0.407. The van der Waals surface area contributed by atoms with Crippen molar-refractivity contribution in [2.75, 3.05) is 13.7 Å². The van der Waals surface area contributed by atoms with Gasteiger partial charge in [-0.3, -0.25) is 0 Å². The number of hydrogen-bond acceptors (Lipinski definition) is 2. The maximum atomic E-state index is 12.3. The Bertz CT molecular complexity index is 637. The van der Waals surface area contributed by atoms with Gasteiger partial charge in [-0.1, -0.05) is 37.1 Å². The average molecular weight is 425 g/mol. The average Bonchev–Trinajstić information content (AvgIpc) is 2.73. The van der Waals surface area contributed by atoms with Crippen molar-refractivity contribution in [1.82, 2.24) is 0 Å². The highest BCUT2D eigenvalue weighted by molar-refractivity contribution is 5.27. The molecular weight excluding hydrogens is 389 g/mol. The fourth-order valence-electron chi connectivity index (χ4n) is 5.33. The van der Waals surface area contributed by atoms with E-state index in [1.54, 1.807) is 19.2 Å². The number of aryl methyl sites for hydroxylation is 1. The molecule has 0 bridgehead atoms. The lowest BCUT2D eigenvalue weighted by Gasteiger charge is -2.37. The molecule has 0 atom stereocenters. The topological polar surface area (TPSA) is 18.5 Å². The second kappa shape index (κ2) is 11.2. The molecule has 2 aliphatic rings. The number of alkyl halides is 3. The Hall–Kier alpha value is -1.49. The lowest BCUT2D eigenvalue weighted by atomic mass is 9.68. The zero-order valence-corrected chi connectivity index (χ0v) is 18.0. The lowest BCUT2D eigenvalue weighted by molar-refractivity contribution is -0.274. The molecule has 5 heteroatoms. The van der Waals surface area contributed by atoms with Gasteiger partial charge in [0.15, 0.2) is 0 Å². The first-order valence-electron chi connectivity index (χ1n) is 11.4. The monoisotopic (exact) mass is 424 g/mol. The molecule has 2 aliphatic carbocycles. The number of halogens is 3. The van der Waals surface area contributed by atoms with E-state index in [4.69, 9.17) is 4.74 Å². The van der Waals surface area contributed by atoms with Crippen LogP contribution in [0.1, 0.15) is 63.4 Å². The molecule has 0 aromatic heterocycles. The highest BCUT2D eigenvalue weighted by atomic mass is 19.4. The van der Waals surface area contributed by atoms with E-state index < -0.39 is 6.36 Å². The minimum atomic E-state index is -4.62. The van der Waals surface area contributed by atoms with Gasteiger partial charge in [0, 0.05) is 7.11 Å². The van der Waals surface area contributed by atoms with Gasteiger partial charge in [-0.25, -0.2) is 0 Å². The molecule has 0 N–H and O–H groups in total. The summed E-state index contributed by atoms with van der Waals surface area (Å²) in [5, 5.41) is 0. The predicted octanol–water partition coefficient (Wildman–Crippen LogP) is 7.33. The molecule has 30 heavy (non-hydrogen) atoms.